The molecule has 0 saturated carbocycles. The Hall–Kier alpha value is -0.510. The zero-order chi connectivity index (χ0) is 11.4. The third-order valence-corrected chi connectivity index (χ3v) is 3.85. The first-order valence-electron chi connectivity index (χ1n) is 5.89. The molecule has 0 unspecified atom stereocenters. The number of rotatable bonds is 3. The minimum atomic E-state index is 0.374. The second kappa shape index (κ2) is 5.71. The monoisotopic (exact) mass is 236 g/mol. The summed E-state index contributed by atoms with van der Waals surface area (Å²) in [7, 11) is 0. The van der Waals surface area contributed by atoms with Crippen molar-refractivity contribution in [2.24, 2.45) is 5.73 Å². The standard InChI is InChI=1S/C13H20N2S/c1-16-13-6-4-11(5-7-13)9-15-8-2-3-12(14)10-15/h4-7,12H,2-3,8-10,14H2,1H3/t12-/m0/s1. The second-order valence-corrected chi connectivity index (χ2v) is 5.37. The van der Waals surface area contributed by atoms with Crippen molar-refractivity contribution in [2.75, 3.05) is 19.3 Å². The molecule has 2 N–H and O–H groups in total. The first kappa shape index (κ1) is 12.0. The molecule has 1 atom stereocenters. The Morgan fingerprint density at radius 1 is 1.38 bits per heavy atom. The molecule has 88 valence electrons. The molecule has 0 spiro atoms. The molecular weight excluding hydrogens is 216 g/mol. The lowest BCUT2D eigenvalue weighted by Crippen LogP contribution is -2.42. The van der Waals surface area contributed by atoms with Crippen molar-refractivity contribution in [1.82, 2.24) is 4.90 Å². The summed E-state index contributed by atoms with van der Waals surface area (Å²) in [6.45, 7) is 3.28. The number of nitrogens with zero attached hydrogens (tertiary/aromatic N) is 1. The summed E-state index contributed by atoms with van der Waals surface area (Å²) in [6, 6.07) is 9.23. The van der Waals surface area contributed by atoms with Crippen LogP contribution in [0.3, 0.4) is 0 Å². The van der Waals surface area contributed by atoms with E-state index >= 15 is 0 Å². The Morgan fingerprint density at radius 2 is 2.12 bits per heavy atom. The molecule has 1 heterocycles. The topological polar surface area (TPSA) is 29.3 Å². The third-order valence-electron chi connectivity index (χ3n) is 3.11. The van der Waals surface area contributed by atoms with E-state index in [1.54, 1.807) is 11.8 Å². The molecule has 3 heteroatoms. The summed E-state index contributed by atoms with van der Waals surface area (Å²) in [5.41, 5.74) is 7.37. The molecule has 0 bridgehead atoms. The van der Waals surface area contributed by atoms with Crippen molar-refractivity contribution in [3.63, 3.8) is 0 Å². The molecule has 1 aromatic rings. The van der Waals surface area contributed by atoms with Gasteiger partial charge in [-0.25, -0.2) is 0 Å². The van der Waals surface area contributed by atoms with Crippen molar-refractivity contribution in [3.05, 3.63) is 29.8 Å². The molecule has 1 fully saturated rings. The van der Waals surface area contributed by atoms with E-state index in [9.17, 15) is 0 Å². The molecule has 0 aromatic heterocycles. The van der Waals surface area contributed by atoms with E-state index in [0.29, 0.717) is 6.04 Å². The number of hydrogen-bond acceptors (Lipinski definition) is 3. The number of benzene rings is 1. The van der Waals surface area contributed by atoms with E-state index < -0.39 is 0 Å². The summed E-state index contributed by atoms with van der Waals surface area (Å²) < 4.78 is 0. The second-order valence-electron chi connectivity index (χ2n) is 4.49. The normalized spacial score (nSPS) is 22.2. The van der Waals surface area contributed by atoms with Crippen LogP contribution < -0.4 is 5.73 Å². The minimum absolute atomic E-state index is 0.374. The maximum absolute atomic E-state index is 5.98. The fraction of sp³-hybridized carbons (Fsp3) is 0.538. The quantitative estimate of drug-likeness (QED) is 0.817. The van der Waals surface area contributed by atoms with Gasteiger partial charge in [0, 0.05) is 24.0 Å². The highest BCUT2D eigenvalue weighted by Crippen LogP contribution is 2.17. The first-order chi connectivity index (χ1) is 7.78. The van der Waals surface area contributed by atoms with Crippen LogP contribution in [0.15, 0.2) is 29.2 Å². The molecule has 1 aliphatic heterocycles. The zero-order valence-electron chi connectivity index (χ0n) is 9.86. The van der Waals surface area contributed by atoms with E-state index in [-0.39, 0.29) is 0 Å². The van der Waals surface area contributed by atoms with Gasteiger partial charge >= 0.3 is 0 Å². The lowest BCUT2D eigenvalue weighted by Gasteiger charge is -2.30. The zero-order valence-corrected chi connectivity index (χ0v) is 10.7. The van der Waals surface area contributed by atoms with E-state index in [2.05, 4.69) is 35.4 Å². The summed E-state index contributed by atoms with van der Waals surface area (Å²) in [6.07, 6.45) is 4.53. The Kier molecular flexibility index (Phi) is 4.27. The highest BCUT2D eigenvalue weighted by atomic mass is 32.2. The molecule has 1 saturated heterocycles. The lowest BCUT2D eigenvalue weighted by molar-refractivity contribution is 0.201. The van der Waals surface area contributed by atoms with Gasteiger partial charge in [0.05, 0.1) is 0 Å². The van der Waals surface area contributed by atoms with Crippen LogP contribution in [0.1, 0.15) is 18.4 Å². The van der Waals surface area contributed by atoms with Gasteiger partial charge in [-0.15, -0.1) is 11.8 Å². The fourth-order valence-corrected chi connectivity index (χ4v) is 2.63. The van der Waals surface area contributed by atoms with Gasteiger partial charge in [0.15, 0.2) is 0 Å². The smallest absolute Gasteiger partial charge is 0.0234 e. The van der Waals surface area contributed by atoms with Gasteiger partial charge < -0.3 is 5.73 Å². The van der Waals surface area contributed by atoms with Crippen molar-refractivity contribution < 1.29 is 0 Å². The predicted octanol–water partition coefficient (Wildman–Crippen LogP) is 2.33. The molecule has 1 aliphatic rings. The molecular formula is C13H20N2S. The molecule has 0 aliphatic carbocycles. The summed E-state index contributed by atoms with van der Waals surface area (Å²) >= 11 is 1.79. The average molecular weight is 236 g/mol. The van der Waals surface area contributed by atoms with Gasteiger partial charge in [-0.1, -0.05) is 12.1 Å². The van der Waals surface area contributed by atoms with E-state index in [0.717, 1.165) is 13.1 Å². The largest absolute Gasteiger partial charge is 0.327 e. The number of piperidine rings is 1. The fourth-order valence-electron chi connectivity index (χ4n) is 2.22. The van der Waals surface area contributed by atoms with Gasteiger partial charge in [-0.3, -0.25) is 4.90 Å². The average Bonchev–Trinajstić information content (AvgIpc) is 2.30. The molecule has 0 radical (unpaired) electrons. The van der Waals surface area contributed by atoms with Crippen molar-refractivity contribution in [2.45, 2.75) is 30.3 Å². The van der Waals surface area contributed by atoms with Crippen LogP contribution >= 0.6 is 11.8 Å². The van der Waals surface area contributed by atoms with Crippen LogP contribution in [0.4, 0.5) is 0 Å². The highest BCUT2D eigenvalue weighted by molar-refractivity contribution is 7.98. The number of likely N-dealkylation sites (tertiary alicyclic amines) is 1. The van der Waals surface area contributed by atoms with Crippen LogP contribution in [0.2, 0.25) is 0 Å². The highest BCUT2D eigenvalue weighted by Gasteiger charge is 2.16. The maximum Gasteiger partial charge on any atom is 0.0234 e. The Bertz CT molecular complexity index is 323. The number of thioether (sulfide) groups is 1. The van der Waals surface area contributed by atoms with Crippen molar-refractivity contribution in [3.8, 4) is 0 Å². The van der Waals surface area contributed by atoms with E-state index in [4.69, 9.17) is 5.73 Å². The van der Waals surface area contributed by atoms with Crippen molar-refractivity contribution >= 4 is 11.8 Å². The third kappa shape index (κ3) is 3.24. The molecule has 2 nitrogen and oxygen atoms in total. The van der Waals surface area contributed by atoms with Gasteiger partial charge in [-0.2, -0.15) is 0 Å². The summed E-state index contributed by atoms with van der Waals surface area (Å²) in [4.78, 5) is 3.79. The van der Waals surface area contributed by atoms with Crippen LogP contribution in [0, 0.1) is 0 Å². The van der Waals surface area contributed by atoms with Crippen molar-refractivity contribution in [1.29, 1.82) is 0 Å². The molecule has 0 amide bonds. The SMILES string of the molecule is CSc1ccc(CN2CCC[C@H](N)C2)cc1. The maximum atomic E-state index is 5.98. The summed E-state index contributed by atoms with van der Waals surface area (Å²) in [5, 5.41) is 0. The summed E-state index contributed by atoms with van der Waals surface area (Å²) in [5.74, 6) is 0. The number of hydrogen-bond donors (Lipinski definition) is 1. The van der Waals surface area contributed by atoms with Gasteiger partial charge in [0.2, 0.25) is 0 Å². The lowest BCUT2D eigenvalue weighted by atomic mass is 10.1. The Morgan fingerprint density at radius 3 is 2.75 bits per heavy atom. The number of nitrogens with two attached hydrogens (primary N) is 1. The molecule has 1 aromatic carbocycles. The van der Waals surface area contributed by atoms with Crippen LogP contribution in [-0.4, -0.2) is 30.3 Å². The first-order valence-corrected chi connectivity index (χ1v) is 7.11. The van der Waals surface area contributed by atoms with Crippen LogP contribution in [0.25, 0.3) is 0 Å². The Balaban J connectivity index is 1.92. The minimum Gasteiger partial charge on any atom is -0.327 e. The van der Waals surface area contributed by atoms with E-state index in [1.807, 2.05) is 0 Å². The van der Waals surface area contributed by atoms with Gasteiger partial charge in [0.25, 0.3) is 0 Å². The Labute approximate surface area is 102 Å². The van der Waals surface area contributed by atoms with Crippen LogP contribution in [-0.2, 0) is 6.54 Å². The molecule has 16 heavy (non-hydrogen) atoms. The van der Waals surface area contributed by atoms with Gasteiger partial charge in [-0.05, 0) is 43.3 Å². The molecule has 2 rings (SSSR count). The predicted molar refractivity (Wildman–Crippen MR) is 70.7 cm³/mol. The van der Waals surface area contributed by atoms with Crippen LogP contribution in [0.5, 0.6) is 0 Å². The van der Waals surface area contributed by atoms with E-state index in [1.165, 1.54) is 29.8 Å². The van der Waals surface area contributed by atoms with Gasteiger partial charge in [0.1, 0.15) is 0 Å².